The van der Waals surface area contributed by atoms with Gasteiger partial charge in [-0.3, -0.25) is 4.79 Å². The van der Waals surface area contributed by atoms with Gasteiger partial charge in [-0.1, -0.05) is 29.0 Å². The molecule has 1 aliphatic heterocycles. The summed E-state index contributed by atoms with van der Waals surface area (Å²) in [5.41, 5.74) is 1.84. The van der Waals surface area contributed by atoms with Crippen molar-refractivity contribution in [1.82, 2.24) is 20.4 Å². The number of nitrogens with one attached hydrogen (secondary N) is 2. The molecule has 1 aromatic heterocycles. The average molecular weight is 404 g/mol. The highest BCUT2D eigenvalue weighted by atomic mass is 32.1. The van der Waals surface area contributed by atoms with E-state index >= 15 is 0 Å². The molecule has 0 spiro atoms. The summed E-state index contributed by atoms with van der Waals surface area (Å²) < 4.78 is 4.99. The van der Waals surface area contributed by atoms with Gasteiger partial charge in [0.2, 0.25) is 5.01 Å². The van der Waals surface area contributed by atoms with Crippen molar-refractivity contribution < 1.29 is 14.3 Å². The van der Waals surface area contributed by atoms with E-state index in [4.69, 9.17) is 4.74 Å². The lowest BCUT2D eigenvalue weighted by Gasteiger charge is -2.23. The first-order valence-corrected chi connectivity index (χ1v) is 10.1. The van der Waals surface area contributed by atoms with E-state index in [0.717, 1.165) is 24.8 Å². The van der Waals surface area contributed by atoms with Gasteiger partial charge in [0.1, 0.15) is 5.01 Å². The lowest BCUT2D eigenvalue weighted by atomic mass is 10.2. The number of amides is 3. The van der Waals surface area contributed by atoms with E-state index in [2.05, 4.69) is 20.8 Å². The average Bonchev–Trinajstić information content (AvgIpc) is 3.36. The zero-order valence-electron chi connectivity index (χ0n) is 16.1. The first-order chi connectivity index (χ1) is 13.6. The van der Waals surface area contributed by atoms with Crippen LogP contribution in [0.5, 0.6) is 0 Å². The van der Waals surface area contributed by atoms with Crippen molar-refractivity contribution >= 4 is 29.0 Å². The van der Waals surface area contributed by atoms with Crippen LogP contribution in [0.15, 0.2) is 24.3 Å². The van der Waals surface area contributed by atoms with E-state index in [-0.39, 0.29) is 18.0 Å². The number of carbonyl (C=O) groups is 2. The third-order valence-corrected chi connectivity index (χ3v) is 5.57. The van der Waals surface area contributed by atoms with Gasteiger partial charge in [0.25, 0.3) is 5.91 Å². The molecule has 2 aromatic rings. The highest BCUT2D eigenvalue weighted by Gasteiger charge is 2.33. The number of benzene rings is 1. The van der Waals surface area contributed by atoms with Crippen molar-refractivity contribution in [2.45, 2.75) is 32.2 Å². The lowest BCUT2D eigenvalue weighted by Crippen LogP contribution is -2.40. The number of hydrogen-bond donors (Lipinski definition) is 2. The summed E-state index contributed by atoms with van der Waals surface area (Å²) in [6.07, 6.45) is 2.49. The van der Waals surface area contributed by atoms with Gasteiger partial charge in [-0.15, -0.1) is 10.2 Å². The number of ether oxygens (including phenoxy) is 1. The van der Waals surface area contributed by atoms with Gasteiger partial charge in [0.05, 0.1) is 6.04 Å². The Hall–Kier alpha value is -2.52. The fraction of sp³-hybridized carbons (Fsp3) is 0.474. The van der Waals surface area contributed by atoms with Crippen molar-refractivity contribution in [1.29, 1.82) is 0 Å². The maximum atomic E-state index is 12.5. The molecular weight excluding hydrogens is 378 g/mol. The predicted molar refractivity (Wildman–Crippen MR) is 108 cm³/mol. The summed E-state index contributed by atoms with van der Waals surface area (Å²) in [5, 5.41) is 14.9. The number of rotatable bonds is 7. The van der Waals surface area contributed by atoms with E-state index in [1.54, 1.807) is 12.0 Å². The molecule has 150 valence electrons. The number of likely N-dealkylation sites (tertiary alicyclic amines) is 1. The van der Waals surface area contributed by atoms with Crippen molar-refractivity contribution in [3.63, 3.8) is 0 Å². The lowest BCUT2D eigenvalue weighted by molar-refractivity contribution is 0.102. The molecule has 8 nitrogen and oxygen atoms in total. The zero-order valence-corrected chi connectivity index (χ0v) is 16.9. The number of hydrogen-bond acceptors (Lipinski definition) is 6. The summed E-state index contributed by atoms with van der Waals surface area (Å²) >= 11 is 1.24. The fourth-order valence-electron chi connectivity index (χ4n) is 3.06. The van der Waals surface area contributed by atoms with Crippen LogP contribution in [-0.4, -0.2) is 53.8 Å². The summed E-state index contributed by atoms with van der Waals surface area (Å²) in [5.74, 6) is -0.291. The molecule has 3 amide bonds. The molecular formula is C19H25N5O3S. The zero-order chi connectivity index (χ0) is 19.9. The number of carbonyl (C=O) groups excluding carboxylic acids is 2. The Balaban J connectivity index is 1.60. The quantitative estimate of drug-likeness (QED) is 0.693. The first-order valence-electron chi connectivity index (χ1n) is 9.33. The molecule has 0 aliphatic carbocycles. The van der Waals surface area contributed by atoms with Crippen LogP contribution < -0.4 is 10.6 Å². The van der Waals surface area contributed by atoms with Crippen molar-refractivity contribution in [2.75, 3.05) is 32.1 Å². The molecule has 0 radical (unpaired) electrons. The Kier molecular flexibility index (Phi) is 6.94. The summed E-state index contributed by atoms with van der Waals surface area (Å²) in [4.78, 5) is 26.7. The molecule has 1 atom stereocenters. The molecule has 9 heteroatoms. The Labute approximate surface area is 168 Å². The Morgan fingerprint density at radius 3 is 2.82 bits per heavy atom. The number of methoxy groups -OCH3 is 1. The number of urea groups is 1. The van der Waals surface area contributed by atoms with E-state index in [0.29, 0.717) is 35.4 Å². The Morgan fingerprint density at radius 2 is 2.07 bits per heavy atom. The summed E-state index contributed by atoms with van der Waals surface area (Å²) in [7, 11) is 1.64. The van der Waals surface area contributed by atoms with Gasteiger partial charge in [0.15, 0.2) is 0 Å². The summed E-state index contributed by atoms with van der Waals surface area (Å²) in [6.45, 7) is 3.84. The minimum atomic E-state index is -0.291. The molecule has 28 heavy (non-hydrogen) atoms. The highest BCUT2D eigenvalue weighted by Crippen LogP contribution is 2.33. The third-order valence-electron chi connectivity index (χ3n) is 4.54. The van der Waals surface area contributed by atoms with Crippen LogP contribution in [0.3, 0.4) is 0 Å². The van der Waals surface area contributed by atoms with Crippen LogP contribution in [0.25, 0.3) is 0 Å². The largest absolute Gasteiger partial charge is 0.385 e. The van der Waals surface area contributed by atoms with Crippen LogP contribution in [0.1, 0.15) is 45.7 Å². The minimum Gasteiger partial charge on any atom is -0.385 e. The SMILES string of the molecule is COCCCNC(=O)N1CCC[C@@H]1c1nnc(C(=O)Nc2ccc(C)cc2)s1. The highest BCUT2D eigenvalue weighted by molar-refractivity contribution is 7.13. The molecule has 1 aromatic carbocycles. The standard InChI is InChI=1S/C19H25N5O3S/c1-13-6-8-14(9-7-13)21-16(25)18-23-22-17(28-18)15-5-3-11-24(15)19(26)20-10-4-12-27-2/h6-9,15H,3-5,10-12H2,1-2H3,(H,20,26)(H,21,25)/t15-/m1/s1. The molecule has 3 rings (SSSR count). The van der Waals surface area contributed by atoms with E-state index in [1.165, 1.54) is 11.3 Å². The molecule has 0 unspecified atom stereocenters. The fourth-order valence-corrected chi connectivity index (χ4v) is 3.95. The molecule has 1 aliphatic rings. The maximum absolute atomic E-state index is 12.5. The first kappa shape index (κ1) is 20.2. The van der Waals surface area contributed by atoms with Crippen molar-refractivity contribution in [3.05, 3.63) is 39.8 Å². The van der Waals surface area contributed by atoms with Gasteiger partial charge in [0, 0.05) is 32.5 Å². The second-order valence-corrected chi connectivity index (χ2v) is 7.70. The van der Waals surface area contributed by atoms with Crippen LogP contribution in [0, 0.1) is 6.92 Å². The third kappa shape index (κ3) is 5.05. The van der Waals surface area contributed by atoms with Gasteiger partial charge in [-0.25, -0.2) is 4.79 Å². The topological polar surface area (TPSA) is 96.4 Å². The molecule has 2 N–H and O–H groups in total. The molecule has 0 bridgehead atoms. The predicted octanol–water partition coefficient (Wildman–Crippen LogP) is 2.98. The summed E-state index contributed by atoms with van der Waals surface area (Å²) in [6, 6.07) is 7.31. The number of aryl methyl sites for hydroxylation is 1. The normalized spacial score (nSPS) is 16.2. The number of nitrogens with zero attached hydrogens (tertiary/aromatic N) is 3. The van der Waals surface area contributed by atoms with Crippen LogP contribution in [-0.2, 0) is 4.74 Å². The minimum absolute atomic E-state index is 0.112. The molecule has 1 saturated heterocycles. The van der Waals surface area contributed by atoms with Crippen molar-refractivity contribution in [3.8, 4) is 0 Å². The van der Waals surface area contributed by atoms with E-state index < -0.39 is 0 Å². The van der Waals surface area contributed by atoms with E-state index in [9.17, 15) is 9.59 Å². The molecule has 0 saturated carbocycles. The second kappa shape index (κ2) is 9.61. The Morgan fingerprint density at radius 1 is 1.29 bits per heavy atom. The van der Waals surface area contributed by atoms with Crippen LogP contribution >= 0.6 is 11.3 Å². The van der Waals surface area contributed by atoms with Crippen LogP contribution in [0.2, 0.25) is 0 Å². The van der Waals surface area contributed by atoms with Gasteiger partial charge >= 0.3 is 6.03 Å². The van der Waals surface area contributed by atoms with E-state index in [1.807, 2.05) is 31.2 Å². The molecule has 2 heterocycles. The monoisotopic (exact) mass is 403 g/mol. The smallest absolute Gasteiger partial charge is 0.317 e. The van der Waals surface area contributed by atoms with Crippen LogP contribution in [0.4, 0.5) is 10.5 Å². The second-order valence-electron chi connectivity index (χ2n) is 6.70. The van der Waals surface area contributed by atoms with Crippen molar-refractivity contribution in [2.24, 2.45) is 0 Å². The van der Waals surface area contributed by atoms with Gasteiger partial charge in [-0.2, -0.15) is 0 Å². The molecule has 1 fully saturated rings. The van der Waals surface area contributed by atoms with Gasteiger partial charge < -0.3 is 20.3 Å². The number of aromatic nitrogens is 2. The maximum Gasteiger partial charge on any atom is 0.317 e. The van der Waals surface area contributed by atoms with Gasteiger partial charge in [-0.05, 0) is 38.3 Å². The Bertz CT molecular complexity index is 808. The number of anilines is 1.